The van der Waals surface area contributed by atoms with E-state index in [1.54, 1.807) is 21.1 Å². The van der Waals surface area contributed by atoms with Crippen molar-refractivity contribution in [2.24, 2.45) is 0 Å². The Morgan fingerprint density at radius 3 is 2.83 bits per heavy atom. The average Bonchev–Trinajstić information content (AvgIpc) is 3.04. The van der Waals surface area contributed by atoms with E-state index in [1.165, 1.54) is 4.90 Å². The second kappa shape index (κ2) is 7.63. The average molecular weight is 330 g/mol. The molecule has 7 nitrogen and oxygen atoms in total. The van der Waals surface area contributed by atoms with E-state index < -0.39 is 6.04 Å². The third-order valence-corrected chi connectivity index (χ3v) is 3.35. The molecule has 0 bridgehead atoms. The van der Waals surface area contributed by atoms with E-state index in [9.17, 15) is 4.79 Å². The molecule has 1 aromatic carbocycles. The standard InChI is InChI=1S/C17H22N4O3/c1-11(2)10-21(4)17(22)18-12(3)16-19-15(20-24-16)13-8-6-7-9-14(13)23-5/h6-9,12H,1,10H2,2-5H3,(H,18,22). The summed E-state index contributed by atoms with van der Waals surface area (Å²) in [5.74, 6) is 1.40. The Balaban J connectivity index is 2.10. The lowest BCUT2D eigenvalue weighted by molar-refractivity contribution is 0.205. The first-order chi connectivity index (χ1) is 11.4. The quantitative estimate of drug-likeness (QED) is 0.824. The van der Waals surface area contributed by atoms with E-state index in [4.69, 9.17) is 9.26 Å². The third kappa shape index (κ3) is 4.13. The molecule has 0 radical (unpaired) electrons. The number of aromatic nitrogens is 2. The summed E-state index contributed by atoms with van der Waals surface area (Å²) in [7, 11) is 3.28. The van der Waals surface area contributed by atoms with Gasteiger partial charge in [-0.15, -0.1) is 0 Å². The molecule has 0 saturated carbocycles. The number of amides is 2. The predicted octanol–water partition coefficient (Wildman–Crippen LogP) is 3.02. The maximum absolute atomic E-state index is 12.1. The molecule has 24 heavy (non-hydrogen) atoms. The van der Waals surface area contributed by atoms with Gasteiger partial charge in [0.05, 0.1) is 12.7 Å². The van der Waals surface area contributed by atoms with Gasteiger partial charge >= 0.3 is 6.03 Å². The van der Waals surface area contributed by atoms with Crippen molar-refractivity contribution in [3.05, 3.63) is 42.3 Å². The first kappa shape index (κ1) is 17.5. The van der Waals surface area contributed by atoms with E-state index in [1.807, 2.05) is 31.2 Å². The Kier molecular flexibility index (Phi) is 5.57. The smallest absolute Gasteiger partial charge is 0.318 e. The largest absolute Gasteiger partial charge is 0.496 e. The highest BCUT2D eigenvalue weighted by Crippen LogP contribution is 2.27. The summed E-state index contributed by atoms with van der Waals surface area (Å²) in [5.41, 5.74) is 1.63. The second-order valence-corrected chi connectivity index (χ2v) is 5.64. The molecule has 2 amide bonds. The van der Waals surface area contributed by atoms with Gasteiger partial charge in [-0.25, -0.2) is 4.79 Å². The first-order valence-corrected chi connectivity index (χ1v) is 7.55. The van der Waals surface area contributed by atoms with Gasteiger partial charge in [0.1, 0.15) is 11.8 Å². The molecular weight excluding hydrogens is 308 g/mol. The number of hydrogen-bond acceptors (Lipinski definition) is 5. The predicted molar refractivity (Wildman–Crippen MR) is 90.7 cm³/mol. The van der Waals surface area contributed by atoms with Crippen LogP contribution in [0, 0.1) is 0 Å². The van der Waals surface area contributed by atoms with E-state index in [0.29, 0.717) is 24.0 Å². The number of urea groups is 1. The number of nitrogens with zero attached hydrogens (tertiary/aromatic N) is 3. The topological polar surface area (TPSA) is 80.5 Å². The minimum Gasteiger partial charge on any atom is -0.496 e. The molecule has 0 spiro atoms. The molecule has 2 rings (SSSR count). The first-order valence-electron chi connectivity index (χ1n) is 7.55. The zero-order chi connectivity index (χ0) is 17.7. The Morgan fingerprint density at radius 1 is 1.46 bits per heavy atom. The van der Waals surface area contributed by atoms with Crippen molar-refractivity contribution in [1.29, 1.82) is 0 Å². The van der Waals surface area contributed by atoms with Crippen LogP contribution in [0.25, 0.3) is 11.4 Å². The van der Waals surface area contributed by atoms with Gasteiger partial charge in [0.25, 0.3) is 0 Å². The van der Waals surface area contributed by atoms with E-state index in [2.05, 4.69) is 22.0 Å². The molecule has 1 aromatic heterocycles. The molecular formula is C17H22N4O3. The summed E-state index contributed by atoms with van der Waals surface area (Å²) in [5, 5.41) is 6.78. The van der Waals surface area contributed by atoms with E-state index >= 15 is 0 Å². The van der Waals surface area contributed by atoms with Crippen molar-refractivity contribution in [3.63, 3.8) is 0 Å². The molecule has 1 N–H and O–H groups in total. The monoisotopic (exact) mass is 330 g/mol. The number of carbonyl (C=O) groups excluding carboxylic acids is 1. The lowest BCUT2D eigenvalue weighted by atomic mass is 10.2. The van der Waals surface area contributed by atoms with Crippen LogP contribution in [0.2, 0.25) is 0 Å². The fraction of sp³-hybridized carbons (Fsp3) is 0.353. The van der Waals surface area contributed by atoms with Crippen molar-refractivity contribution in [1.82, 2.24) is 20.4 Å². The second-order valence-electron chi connectivity index (χ2n) is 5.64. The van der Waals surface area contributed by atoms with E-state index in [0.717, 1.165) is 11.1 Å². The molecule has 0 fully saturated rings. The van der Waals surface area contributed by atoms with Crippen molar-refractivity contribution in [2.75, 3.05) is 20.7 Å². The van der Waals surface area contributed by atoms with Gasteiger partial charge < -0.3 is 19.5 Å². The molecule has 1 unspecified atom stereocenters. The van der Waals surface area contributed by atoms with Crippen LogP contribution in [-0.2, 0) is 0 Å². The summed E-state index contributed by atoms with van der Waals surface area (Å²) in [6.07, 6.45) is 0. The third-order valence-electron chi connectivity index (χ3n) is 3.35. The van der Waals surface area contributed by atoms with Crippen LogP contribution in [0.1, 0.15) is 25.8 Å². The van der Waals surface area contributed by atoms with Crippen LogP contribution in [0.3, 0.4) is 0 Å². The summed E-state index contributed by atoms with van der Waals surface area (Å²) in [6.45, 7) is 7.92. The lowest BCUT2D eigenvalue weighted by Crippen LogP contribution is -2.39. The Labute approximate surface area is 141 Å². The van der Waals surface area contributed by atoms with Crippen LogP contribution in [0.5, 0.6) is 5.75 Å². The number of likely N-dealkylation sites (N-methyl/N-ethyl adjacent to an activating group) is 1. The molecule has 1 atom stereocenters. The number of benzene rings is 1. The highest BCUT2D eigenvalue weighted by molar-refractivity contribution is 5.74. The van der Waals surface area contributed by atoms with Crippen LogP contribution in [-0.4, -0.2) is 41.8 Å². The molecule has 1 heterocycles. The summed E-state index contributed by atoms with van der Waals surface area (Å²) in [6, 6.07) is 6.75. The maximum Gasteiger partial charge on any atom is 0.318 e. The molecule has 2 aromatic rings. The number of para-hydroxylation sites is 1. The van der Waals surface area contributed by atoms with Crippen molar-refractivity contribution in [3.8, 4) is 17.1 Å². The van der Waals surface area contributed by atoms with Gasteiger partial charge in [-0.2, -0.15) is 4.98 Å². The van der Waals surface area contributed by atoms with Crippen molar-refractivity contribution >= 4 is 6.03 Å². The molecule has 0 saturated heterocycles. The zero-order valence-corrected chi connectivity index (χ0v) is 14.4. The van der Waals surface area contributed by atoms with Gasteiger partial charge in [0.15, 0.2) is 0 Å². The maximum atomic E-state index is 12.1. The van der Waals surface area contributed by atoms with Gasteiger partial charge in [0.2, 0.25) is 11.7 Å². The Morgan fingerprint density at radius 2 is 2.17 bits per heavy atom. The fourth-order valence-electron chi connectivity index (χ4n) is 2.18. The molecule has 0 aliphatic rings. The SMILES string of the molecule is C=C(C)CN(C)C(=O)NC(C)c1nc(-c2ccccc2OC)no1. The van der Waals surface area contributed by atoms with Crippen LogP contribution < -0.4 is 10.1 Å². The lowest BCUT2D eigenvalue weighted by Gasteiger charge is -2.19. The summed E-state index contributed by atoms with van der Waals surface area (Å²) < 4.78 is 10.6. The molecule has 7 heteroatoms. The molecule has 0 aliphatic carbocycles. The van der Waals surface area contributed by atoms with Gasteiger partial charge in [-0.05, 0) is 26.0 Å². The normalized spacial score (nSPS) is 11.7. The van der Waals surface area contributed by atoms with Crippen LogP contribution >= 0.6 is 0 Å². The zero-order valence-electron chi connectivity index (χ0n) is 14.4. The minimum atomic E-state index is -0.416. The Hall–Kier alpha value is -2.83. The van der Waals surface area contributed by atoms with Crippen LogP contribution in [0.15, 0.2) is 40.9 Å². The number of hydrogen-bond donors (Lipinski definition) is 1. The molecule has 0 aliphatic heterocycles. The highest BCUT2D eigenvalue weighted by Gasteiger charge is 2.20. The minimum absolute atomic E-state index is 0.234. The summed E-state index contributed by atoms with van der Waals surface area (Å²) in [4.78, 5) is 18.0. The number of rotatable bonds is 6. The fourth-order valence-corrected chi connectivity index (χ4v) is 2.18. The Bertz CT molecular complexity index is 726. The van der Waals surface area contributed by atoms with Crippen molar-refractivity contribution < 1.29 is 14.1 Å². The molecule has 128 valence electrons. The van der Waals surface area contributed by atoms with Gasteiger partial charge in [-0.1, -0.05) is 29.4 Å². The van der Waals surface area contributed by atoms with Gasteiger partial charge in [-0.3, -0.25) is 0 Å². The van der Waals surface area contributed by atoms with Crippen molar-refractivity contribution in [2.45, 2.75) is 19.9 Å². The van der Waals surface area contributed by atoms with Gasteiger partial charge in [0, 0.05) is 13.6 Å². The highest BCUT2D eigenvalue weighted by atomic mass is 16.5. The number of carbonyl (C=O) groups is 1. The van der Waals surface area contributed by atoms with E-state index in [-0.39, 0.29) is 6.03 Å². The number of methoxy groups -OCH3 is 1. The summed E-state index contributed by atoms with van der Waals surface area (Å²) >= 11 is 0. The van der Waals surface area contributed by atoms with Crippen LogP contribution in [0.4, 0.5) is 4.79 Å². The number of nitrogens with one attached hydrogen (secondary N) is 1. The number of ether oxygens (including phenoxy) is 1.